The minimum absolute atomic E-state index is 0.307. The molecule has 1 fully saturated rings. The van der Waals surface area contributed by atoms with Crippen LogP contribution in [0.5, 0.6) is 0 Å². The lowest BCUT2D eigenvalue weighted by Crippen LogP contribution is -2.48. The topological polar surface area (TPSA) is 12.0 Å². The molecule has 1 aromatic heterocycles. The molecule has 0 aliphatic heterocycles. The van der Waals surface area contributed by atoms with Gasteiger partial charge in [0, 0.05) is 16.3 Å². The van der Waals surface area contributed by atoms with Crippen molar-refractivity contribution in [3.05, 3.63) is 22.4 Å². The highest BCUT2D eigenvalue weighted by molar-refractivity contribution is 7.10. The van der Waals surface area contributed by atoms with Gasteiger partial charge in [-0.1, -0.05) is 40.2 Å². The first-order valence-electron chi connectivity index (χ1n) is 7.33. The van der Waals surface area contributed by atoms with Crippen molar-refractivity contribution in [1.29, 1.82) is 0 Å². The molecular weight excluding hydrogens is 238 g/mol. The van der Waals surface area contributed by atoms with Crippen LogP contribution in [0.25, 0.3) is 0 Å². The van der Waals surface area contributed by atoms with E-state index in [1.165, 1.54) is 19.3 Å². The van der Waals surface area contributed by atoms with Crippen molar-refractivity contribution in [1.82, 2.24) is 5.32 Å². The molecule has 3 atom stereocenters. The minimum atomic E-state index is 0.307. The molecule has 1 heterocycles. The van der Waals surface area contributed by atoms with Crippen LogP contribution in [0, 0.1) is 11.8 Å². The maximum absolute atomic E-state index is 3.74. The quantitative estimate of drug-likeness (QED) is 0.848. The van der Waals surface area contributed by atoms with Crippen LogP contribution in [-0.2, 0) is 5.41 Å². The Labute approximate surface area is 116 Å². The lowest BCUT2D eigenvalue weighted by molar-refractivity contribution is 0.149. The molecule has 2 rings (SSSR count). The summed E-state index contributed by atoms with van der Waals surface area (Å²) in [6.07, 6.45) is 4.10. The Morgan fingerprint density at radius 1 is 1.39 bits per heavy atom. The van der Waals surface area contributed by atoms with E-state index in [1.54, 1.807) is 4.88 Å². The fourth-order valence-corrected chi connectivity index (χ4v) is 4.48. The van der Waals surface area contributed by atoms with E-state index in [0.29, 0.717) is 11.5 Å². The minimum Gasteiger partial charge on any atom is -0.314 e. The van der Waals surface area contributed by atoms with Gasteiger partial charge in [-0.15, -0.1) is 11.3 Å². The van der Waals surface area contributed by atoms with Gasteiger partial charge >= 0.3 is 0 Å². The molecule has 1 nitrogen and oxygen atoms in total. The van der Waals surface area contributed by atoms with E-state index in [4.69, 9.17) is 0 Å². The molecule has 0 aromatic carbocycles. The van der Waals surface area contributed by atoms with Crippen LogP contribution >= 0.6 is 11.3 Å². The van der Waals surface area contributed by atoms with Crippen LogP contribution < -0.4 is 5.32 Å². The van der Waals surface area contributed by atoms with E-state index in [0.717, 1.165) is 18.4 Å². The van der Waals surface area contributed by atoms with Crippen LogP contribution in [0.15, 0.2) is 17.5 Å². The Bertz CT molecular complexity index is 355. The van der Waals surface area contributed by atoms with Crippen molar-refractivity contribution in [2.24, 2.45) is 11.8 Å². The van der Waals surface area contributed by atoms with E-state index in [1.807, 2.05) is 11.3 Å². The second-order valence-electron chi connectivity index (χ2n) is 6.39. The first kappa shape index (κ1) is 14.1. The van der Waals surface area contributed by atoms with Gasteiger partial charge in [0.05, 0.1) is 0 Å². The van der Waals surface area contributed by atoms with E-state index in [-0.39, 0.29) is 0 Å². The molecule has 18 heavy (non-hydrogen) atoms. The highest BCUT2D eigenvalue weighted by atomic mass is 32.1. The van der Waals surface area contributed by atoms with Crippen molar-refractivity contribution in [2.45, 2.75) is 58.4 Å². The average Bonchev–Trinajstić information content (AvgIpc) is 2.83. The summed E-state index contributed by atoms with van der Waals surface area (Å²) in [5.41, 5.74) is 0.307. The smallest absolute Gasteiger partial charge is 0.0106 e. The number of hydrogen-bond acceptors (Lipinski definition) is 2. The number of thiophene rings is 1. The average molecular weight is 265 g/mol. The van der Waals surface area contributed by atoms with Crippen molar-refractivity contribution in [3.8, 4) is 0 Å². The predicted molar refractivity (Wildman–Crippen MR) is 81.3 cm³/mol. The predicted octanol–water partition coefficient (Wildman–Crippen LogP) is 4.44. The summed E-state index contributed by atoms with van der Waals surface area (Å²) in [5.74, 6) is 1.65. The molecule has 0 radical (unpaired) electrons. The van der Waals surface area contributed by atoms with E-state index in [9.17, 15) is 0 Å². The van der Waals surface area contributed by atoms with Crippen LogP contribution in [-0.4, -0.2) is 12.6 Å². The second kappa shape index (κ2) is 5.75. The van der Waals surface area contributed by atoms with Gasteiger partial charge in [0.2, 0.25) is 0 Å². The largest absolute Gasteiger partial charge is 0.314 e. The summed E-state index contributed by atoms with van der Waals surface area (Å²) in [5, 5.41) is 5.95. The standard InChI is InChI=1S/C16H27NS/c1-5-17-14-11-12(2)8-9-13(14)16(3,4)15-7-6-10-18-15/h6-7,10,12-14,17H,5,8-9,11H2,1-4H3. The van der Waals surface area contributed by atoms with Crippen LogP contribution in [0.4, 0.5) is 0 Å². The molecule has 2 heteroatoms. The van der Waals surface area contributed by atoms with Crippen LogP contribution in [0.3, 0.4) is 0 Å². The summed E-state index contributed by atoms with van der Waals surface area (Å²) in [4.78, 5) is 1.55. The Morgan fingerprint density at radius 3 is 2.78 bits per heavy atom. The SMILES string of the molecule is CCNC1CC(C)CCC1C(C)(C)c1cccs1. The van der Waals surface area contributed by atoms with Gasteiger partial charge in [-0.25, -0.2) is 0 Å². The van der Waals surface area contributed by atoms with Gasteiger partial charge in [-0.3, -0.25) is 0 Å². The fourth-order valence-electron chi connectivity index (χ4n) is 3.56. The molecule has 3 unspecified atom stereocenters. The van der Waals surface area contributed by atoms with E-state index in [2.05, 4.69) is 50.5 Å². The maximum atomic E-state index is 3.74. The maximum Gasteiger partial charge on any atom is 0.0106 e. The third-order valence-corrected chi connectivity index (χ3v) is 5.87. The molecule has 1 aliphatic rings. The third kappa shape index (κ3) is 2.80. The molecule has 0 spiro atoms. The van der Waals surface area contributed by atoms with Crippen LogP contribution in [0.1, 0.15) is 51.8 Å². The first-order valence-corrected chi connectivity index (χ1v) is 8.21. The van der Waals surface area contributed by atoms with Gasteiger partial charge in [-0.2, -0.15) is 0 Å². The summed E-state index contributed by atoms with van der Waals surface area (Å²) in [6, 6.07) is 5.19. The highest BCUT2D eigenvalue weighted by Gasteiger charge is 2.40. The Morgan fingerprint density at radius 2 is 2.17 bits per heavy atom. The van der Waals surface area contributed by atoms with Gasteiger partial charge in [0.15, 0.2) is 0 Å². The number of nitrogens with one attached hydrogen (secondary N) is 1. The zero-order chi connectivity index (χ0) is 13.2. The van der Waals surface area contributed by atoms with E-state index >= 15 is 0 Å². The molecule has 0 amide bonds. The monoisotopic (exact) mass is 265 g/mol. The lowest BCUT2D eigenvalue weighted by atomic mass is 9.65. The Hall–Kier alpha value is -0.340. The molecule has 0 saturated heterocycles. The molecule has 1 aromatic rings. The van der Waals surface area contributed by atoms with Gasteiger partial charge in [-0.05, 0) is 42.7 Å². The van der Waals surface area contributed by atoms with Crippen LogP contribution in [0.2, 0.25) is 0 Å². The molecular formula is C16H27NS. The number of rotatable bonds is 4. The number of hydrogen-bond donors (Lipinski definition) is 1. The summed E-state index contributed by atoms with van der Waals surface area (Å²) < 4.78 is 0. The summed E-state index contributed by atoms with van der Waals surface area (Å²) in [7, 11) is 0. The van der Waals surface area contributed by atoms with Crippen molar-refractivity contribution in [2.75, 3.05) is 6.54 Å². The van der Waals surface area contributed by atoms with Gasteiger partial charge in [0.25, 0.3) is 0 Å². The zero-order valence-electron chi connectivity index (χ0n) is 12.2. The van der Waals surface area contributed by atoms with E-state index < -0.39 is 0 Å². The molecule has 0 bridgehead atoms. The van der Waals surface area contributed by atoms with Gasteiger partial charge in [0.1, 0.15) is 0 Å². The summed E-state index contributed by atoms with van der Waals surface area (Å²) in [6.45, 7) is 10.6. The molecule has 1 saturated carbocycles. The highest BCUT2D eigenvalue weighted by Crippen LogP contribution is 2.43. The third-order valence-electron chi connectivity index (χ3n) is 4.66. The first-order chi connectivity index (χ1) is 8.55. The molecule has 1 N–H and O–H groups in total. The van der Waals surface area contributed by atoms with Crippen molar-refractivity contribution in [3.63, 3.8) is 0 Å². The van der Waals surface area contributed by atoms with Crippen molar-refractivity contribution < 1.29 is 0 Å². The Balaban J connectivity index is 2.18. The van der Waals surface area contributed by atoms with Gasteiger partial charge < -0.3 is 5.32 Å². The molecule has 102 valence electrons. The lowest BCUT2D eigenvalue weighted by Gasteiger charge is -2.44. The second-order valence-corrected chi connectivity index (χ2v) is 7.34. The molecule has 1 aliphatic carbocycles. The Kier molecular flexibility index (Phi) is 4.50. The summed E-state index contributed by atoms with van der Waals surface area (Å²) >= 11 is 1.92. The zero-order valence-corrected chi connectivity index (χ0v) is 13.0. The van der Waals surface area contributed by atoms with Crippen molar-refractivity contribution >= 4 is 11.3 Å². The fraction of sp³-hybridized carbons (Fsp3) is 0.750. The normalized spacial score (nSPS) is 29.4.